The van der Waals surface area contributed by atoms with Gasteiger partial charge in [-0.2, -0.15) is 0 Å². The van der Waals surface area contributed by atoms with E-state index in [1.165, 1.54) is 0 Å². The van der Waals surface area contributed by atoms with Crippen LogP contribution < -0.4 is 11.1 Å². The van der Waals surface area contributed by atoms with E-state index in [0.717, 1.165) is 32.5 Å². The summed E-state index contributed by atoms with van der Waals surface area (Å²) >= 11 is 0. The molecule has 1 aliphatic rings. The fraction of sp³-hybridized carbons (Fsp3) is 0.909. The monoisotopic (exact) mass is 250 g/mol. The summed E-state index contributed by atoms with van der Waals surface area (Å²) < 4.78 is 5.25. The highest BCUT2D eigenvalue weighted by Gasteiger charge is 2.16. The lowest BCUT2D eigenvalue weighted by Crippen LogP contribution is -2.29. The SMILES string of the molecule is CC(N)CCNC(=O)CCC1CCOC1.Cl. The summed E-state index contributed by atoms with van der Waals surface area (Å²) in [6, 6.07) is 0.161. The van der Waals surface area contributed by atoms with E-state index in [2.05, 4.69) is 5.32 Å². The van der Waals surface area contributed by atoms with Crippen LogP contribution in [0.1, 0.15) is 32.6 Å². The van der Waals surface area contributed by atoms with Crippen LogP contribution in [0.3, 0.4) is 0 Å². The standard InChI is InChI=1S/C11H22N2O2.ClH/c1-9(12)4-6-13-11(14)3-2-10-5-7-15-8-10;/h9-10H,2-8,12H2,1H3,(H,13,14);1H. The fourth-order valence-electron chi connectivity index (χ4n) is 1.67. The Morgan fingerprint density at radius 1 is 1.62 bits per heavy atom. The lowest BCUT2D eigenvalue weighted by Gasteiger charge is -2.09. The molecule has 0 spiro atoms. The molecule has 4 nitrogen and oxygen atoms in total. The molecule has 1 rings (SSSR count). The quantitative estimate of drug-likeness (QED) is 0.742. The van der Waals surface area contributed by atoms with E-state index in [0.29, 0.717) is 18.9 Å². The molecular formula is C11H23ClN2O2. The Morgan fingerprint density at radius 3 is 2.94 bits per heavy atom. The molecule has 5 heteroatoms. The molecule has 2 unspecified atom stereocenters. The van der Waals surface area contributed by atoms with Crippen molar-refractivity contribution in [1.29, 1.82) is 0 Å². The van der Waals surface area contributed by atoms with E-state index >= 15 is 0 Å². The van der Waals surface area contributed by atoms with E-state index < -0.39 is 0 Å². The number of nitrogens with two attached hydrogens (primary N) is 1. The van der Waals surface area contributed by atoms with Crippen LogP contribution in [0, 0.1) is 5.92 Å². The van der Waals surface area contributed by atoms with Crippen molar-refractivity contribution in [2.75, 3.05) is 19.8 Å². The van der Waals surface area contributed by atoms with Crippen molar-refractivity contribution in [2.45, 2.75) is 38.6 Å². The summed E-state index contributed by atoms with van der Waals surface area (Å²) in [5, 5.41) is 2.88. The fourth-order valence-corrected chi connectivity index (χ4v) is 1.67. The van der Waals surface area contributed by atoms with Gasteiger partial charge < -0.3 is 15.8 Å². The van der Waals surface area contributed by atoms with Crippen molar-refractivity contribution in [3.63, 3.8) is 0 Å². The highest BCUT2D eigenvalue weighted by atomic mass is 35.5. The van der Waals surface area contributed by atoms with Crippen LogP contribution in [0.15, 0.2) is 0 Å². The minimum Gasteiger partial charge on any atom is -0.381 e. The smallest absolute Gasteiger partial charge is 0.220 e. The molecule has 1 heterocycles. The lowest BCUT2D eigenvalue weighted by molar-refractivity contribution is -0.121. The third-order valence-corrected chi connectivity index (χ3v) is 2.73. The molecule has 1 fully saturated rings. The molecule has 0 aromatic heterocycles. The van der Waals surface area contributed by atoms with Gasteiger partial charge in [0.1, 0.15) is 0 Å². The second-order valence-electron chi connectivity index (χ2n) is 4.38. The number of amides is 1. The zero-order valence-corrected chi connectivity index (χ0v) is 10.7. The summed E-state index contributed by atoms with van der Waals surface area (Å²) in [6.07, 6.45) is 3.52. The zero-order chi connectivity index (χ0) is 11.1. The molecule has 0 aromatic carbocycles. The topological polar surface area (TPSA) is 64.3 Å². The Balaban J connectivity index is 0.00000225. The summed E-state index contributed by atoms with van der Waals surface area (Å²) in [7, 11) is 0. The number of rotatable bonds is 6. The first-order chi connectivity index (χ1) is 7.18. The first-order valence-corrected chi connectivity index (χ1v) is 5.78. The van der Waals surface area contributed by atoms with E-state index in [9.17, 15) is 4.79 Å². The normalized spacial score (nSPS) is 21.2. The minimum absolute atomic E-state index is 0. The predicted octanol–water partition coefficient (Wildman–Crippen LogP) is 1.08. The summed E-state index contributed by atoms with van der Waals surface area (Å²) in [4.78, 5) is 11.4. The summed E-state index contributed by atoms with van der Waals surface area (Å²) in [5.74, 6) is 0.728. The van der Waals surface area contributed by atoms with Crippen LogP contribution in [0.4, 0.5) is 0 Å². The van der Waals surface area contributed by atoms with Crippen molar-refractivity contribution >= 4 is 18.3 Å². The van der Waals surface area contributed by atoms with Crippen molar-refractivity contribution in [2.24, 2.45) is 11.7 Å². The molecule has 0 aromatic rings. The van der Waals surface area contributed by atoms with Gasteiger partial charge in [-0.05, 0) is 32.1 Å². The molecule has 1 aliphatic heterocycles. The van der Waals surface area contributed by atoms with Crippen molar-refractivity contribution < 1.29 is 9.53 Å². The van der Waals surface area contributed by atoms with Crippen molar-refractivity contribution in [3.05, 3.63) is 0 Å². The molecule has 0 radical (unpaired) electrons. The van der Waals surface area contributed by atoms with Gasteiger partial charge in [0.05, 0.1) is 0 Å². The molecule has 0 bridgehead atoms. The van der Waals surface area contributed by atoms with Crippen LogP contribution in [0.2, 0.25) is 0 Å². The van der Waals surface area contributed by atoms with Gasteiger partial charge in [0.25, 0.3) is 0 Å². The Kier molecular flexibility index (Phi) is 8.61. The van der Waals surface area contributed by atoms with Gasteiger partial charge in [-0.3, -0.25) is 4.79 Å². The number of ether oxygens (including phenoxy) is 1. The molecule has 1 amide bonds. The van der Waals surface area contributed by atoms with Crippen LogP contribution in [-0.4, -0.2) is 31.7 Å². The van der Waals surface area contributed by atoms with Crippen molar-refractivity contribution in [3.8, 4) is 0 Å². The molecule has 0 saturated carbocycles. The average Bonchev–Trinajstić information content (AvgIpc) is 2.66. The number of halogens is 1. The van der Waals surface area contributed by atoms with Crippen molar-refractivity contribution in [1.82, 2.24) is 5.32 Å². The van der Waals surface area contributed by atoms with Crippen LogP contribution in [0.25, 0.3) is 0 Å². The number of hydrogen-bond acceptors (Lipinski definition) is 3. The number of carbonyl (C=O) groups is 1. The molecule has 1 saturated heterocycles. The molecule has 0 aliphatic carbocycles. The minimum atomic E-state index is 0. The van der Waals surface area contributed by atoms with Crippen LogP contribution in [0.5, 0.6) is 0 Å². The Labute approximate surface area is 104 Å². The highest BCUT2D eigenvalue weighted by molar-refractivity contribution is 5.85. The number of carbonyl (C=O) groups excluding carboxylic acids is 1. The van der Waals surface area contributed by atoms with Gasteiger partial charge in [0, 0.05) is 32.2 Å². The van der Waals surface area contributed by atoms with Crippen LogP contribution in [-0.2, 0) is 9.53 Å². The number of nitrogens with one attached hydrogen (secondary N) is 1. The average molecular weight is 251 g/mol. The summed E-state index contributed by atoms with van der Waals surface area (Å²) in [6.45, 7) is 4.32. The Morgan fingerprint density at radius 2 is 2.38 bits per heavy atom. The van der Waals surface area contributed by atoms with E-state index in [1.807, 2.05) is 6.92 Å². The maximum absolute atomic E-state index is 11.4. The molecule has 2 atom stereocenters. The van der Waals surface area contributed by atoms with Gasteiger partial charge in [0.15, 0.2) is 0 Å². The lowest BCUT2D eigenvalue weighted by atomic mass is 10.0. The third-order valence-electron chi connectivity index (χ3n) is 2.73. The van der Waals surface area contributed by atoms with Gasteiger partial charge >= 0.3 is 0 Å². The zero-order valence-electron chi connectivity index (χ0n) is 9.91. The second-order valence-corrected chi connectivity index (χ2v) is 4.38. The molecular weight excluding hydrogens is 228 g/mol. The first-order valence-electron chi connectivity index (χ1n) is 5.78. The van der Waals surface area contributed by atoms with E-state index in [1.54, 1.807) is 0 Å². The number of hydrogen-bond donors (Lipinski definition) is 2. The van der Waals surface area contributed by atoms with Gasteiger partial charge in [-0.15, -0.1) is 12.4 Å². The van der Waals surface area contributed by atoms with Gasteiger partial charge in [-0.25, -0.2) is 0 Å². The Bertz CT molecular complexity index is 194. The molecule has 3 N–H and O–H groups in total. The highest BCUT2D eigenvalue weighted by Crippen LogP contribution is 2.17. The van der Waals surface area contributed by atoms with Crippen LogP contribution >= 0.6 is 12.4 Å². The Hall–Kier alpha value is -0.320. The molecule has 16 heavy (non-hydrogen) atoms. The molecule has 96 valence electrons. The maximum atomic E-state index is 11.4. The third kappa shape index (κ3) is 7.04. The van der Waals surface area contributed by atoms with Gasteiger partial charge in [0.2, 0.25) is 5.91 Å². The van der Waals surface area contributed by atoms with E-state index in [-0.39, 0.29) is 24.4 Å². The largest absolute Gasteiger partial charge is 0.381 e. The maximum Gasteiger partial charge on any atom is 0.220 e. The first kappa shape index (κ1) is 15.7. The van der Waals surface area contributed by atoms with E-state index in [4.69, 9.17) is 10.5 Å². The predicted molar refractivity (Wildman–Crippen MR) is 66.7 cm³/mol. The second kappa shape index (κ2) is 8.79. The summed E-state index contributed by atoms with van der Waals surface area (Å²) in [5.41, 5.74) is 5.58. The van der Waals surface area contributed by atoms with Gasteiger partial charge in [-0.1, -0.05) is 0 Å².